The Morgan fingerprint density at radius 2 is 2.31 bits per heavy atom. The second-order valence-corrected chi connectivity index (χ2v) is 3.08. The van der Waals surface area contributed by atoms with Gasteiger partial charge in [-0.05, 0) is 12.8 Å². The lowest BCUT2D eigenvalue weighted by atomic mass is 9.95. The summed E-state index contributed by atoms with van der Waals surface area (Å²) in [5, 5.41) is 6.23. The number of rotatable bonds is 2. The molecule has 13 heavy (non-hydrogen) atoms. The molecule has 0 amide bonds. The first-order valence-corrected chi connectivity index (χ1v) is 4.35. The quantitative estimate of drug-likeness (QED) is 0.671. The highest BCUT2D eigenvalue weighted by Gasteiger charge is 2.24. The Morgan fingerprint density at radius 3 is 2.92 bits per heavy atom. The zero-order chi connectivity index (χ0) is 9.10. The normalized spacial score (nSPS) is 18.8. The van der Waals surface area contributed by atoms with Crippen molar-refractivity contribution in [2.24, 2.45) is 5.92 Å². The van der Waals surface area contributed by atoms with E-state index in [0.717, 1.165) is 12.8 Å². The van der Waals surface area contributed by atoms with Crippen molar-refractivity contribution >= 4 is 5.78 Å². The van der Waals surface area contributed by atoms with Crippen molar-refractivity contribution in [3.8, 4) is 0 Å². The Bertz CT molecular complexity index is 278. The predicted octanol–water partition coefficient (Wildman–Crippen LogP) is 0.414. The van der Waals surface area contributed by atoms with E-state index in [9.17, 15) is 4.79 Å². The van der Waals surface area contributed by atoms with Gasteiger partial charge >= 0.3 is 0 Å². The average Bonchev–Trinajstić information content (AvgIpc) is 2.71. The fraction of sp³-hybridized carbons (Fsp3) is 0.625. The summed E-state index contributed by atoms with van der Waals surface area (Å²) in [5.41, 5.74) is 0. The van der Waals surface area contributed by atoms with E-state index in [1.54, 1.807) is 0 Å². The van der Waals surface area contributed by atoms with Gasteiger partial charge in [0.05, 0.1) is 0 Å². The van der Waals surface area contributed by atoms with E-state index in [-0.39, 0.29) is 11.7 Å². The Morgan fingerprint density at radius 1 is 1.54 bits per heavy atom. The minimum Gasteiger partial charge on any atom is -0.381 e. The molecule has 2 heterocycles. The Hall–Kier alpha value is -1.23. The van der Waals surface area contributed by atoms with Crippen LogP contribution in [0, 0.1) is 5.92 Å². The molecule has 5 heteroatoms. The minimum absolute atomic E-state index is 0.0563. The van der Waals surface area contributed by atoms with Gasteiger partial charge in [-0.1, -0.05) is 0 Å². The molecule has 5 nitrogen and oxygen atoms in total. The minimum atomic E-state index is 0.0563. The second-order valence-electron chi connectivity index (χ2n) is 3.08. The van der Waals surface area contributed by atoms with Gasteiger partial charge in [0.25, 0.3) is 0 Å². The first kappa shape index (κ1) is 8.37. The summed E-state index contributed by atoms with van der Waals surface area (Å²) in [5.74, 6) is 0.481. The van der Waals surface area contributed by atoms with Crippen molar-refractivity contribution < 1.29 is 9.53 Å². The van der Waals surface area contributed by atoms with Gasteiger partial charge in [0, 0.05) is 19.1 Å². The molecule has 0 unspecified atom stereocenters. The Labute approximate surface area is 75.5 Å². The lowest BCUT2D eigenvalue weighted by molar-refractivity contribution is 0.0538. The first-order valence-electron chi connectivity index (χ1n) is 4.35. The number of hydrogen-bond acceptors (Lipinski definition) is 4. The maximum atomic E-state index is 11.7. The van der Waals surface area contributed by atoms with Crippen LogP contribution >= 0.6 is 0 Å². The summed E-state index contributed by atoms with van der Waals surface area (Å²) in [7, 11) is 0. The first-order chi connectivity index (χ1) is 6.38. The fourth-order valence-corrected chi connectivity index (χ4v) is 1.48. The fourth-order valence-electron chi connectivity index (χ4n) is 1.48. The molecule has 0 aliphatic carbocycles. The zero-order valence-electron chi connectivity index (χ0n) is 7.19. The van der Waals surface area contributed by atoms with Crippen molar-refractivity contribution in [3.05, 3.63) is 12.2 Å². The van der Waals surface area contributed by atoms with E-state index in [1.807, 2.05) is 0 Å². The highest BCUT2D eigenvalue weighted by Crippen LogP contribution is 2.17. The molecule has 1 aliphatic rings. The molecular formula is C8H11N3O2. The van der Waals surface area contributed by atoms with Gasteiger partial charge in [-0.3, -0.25) is 9.89 Å². The molecule has 2 rings (SSSR count). The molecule has 1 fully saturated rings. The molecule has 0 aromatic carbocycles. The molecule has 0 bridgehead atoms. The predicted molar refractivity (Wildman–Crippen MR) is 44.3 cm³/mol. The number of aromatic amines is 1. The van der Waals surface area contributed by atoms with E-state index in [2.05, 4.69) is 15.2 Å². The molecule has 1 aromatic rings. The van der Waals surface area contributed by atoms with Crippen LogP contribution in [-0.2, 0) is 4.74 Å². The molecule has 1 saturated heterocycles. The van der Waals surface area contributed by atoms with Gasteiger partial charge < -0.3 is 4.74 Å². The van der Waals surface area contributed by atoms with Gasteiger partial charge in [0.2, 0.25) is 5.78 Å². The molecule has 1 aromatic heterocycles. The van der Waals surface area contributed by atoms with Gasteiger partial charge in [-0.15, -0.1) is 0 Å². The number of nitrogens with one attached hydrogen (secondary N) is 1. The van der Waals surface area contributed by atoms with Crippen molar-refractivity contribution in [2.45, 2.75) is 12.8 Å². The number of ketones is 1. The SMILES string of the molecule is O=C(c1ncn[nH]1)C1CCOCC1. The number of aromatic nitrogens is 3. The molecule has 1 N–H and O–H groups in total. The summed E-state index contributed by atoms with van der Waals surface area (Å²) >= 11 is 0. The van der Waals surface area contributed by atoms with E-state index >= 15 is 0 Å². The van der Waals surface area contributed by atoms with Crippen LogP contribution in [0.4, 0.5) is 0 Å². The topological polar surface area (TPSA) is 67.9 Å². The van der Waals surface area contributed by atoms with Crippen LogP contribution < -0.4 is 0 Å². The summed E-state index contributed by atoms with van der Waals surface area (Å²) in [4.78, 5) is 15.5. The number of H-pyrrole nitrogens is 1. The van der Waals surface area contributed by atoms with Gasteiger partial charge in [0.1, 0.15) is 6.33 Å². The molecule has 0 spiro atoms. The molecule has 0 saturated carbocycles. The summed E-state index contributed by atoms with van der Waals surface area (Å²) in [6.45, 7) is 1.34. The third-order valence-corrected chi connectivity index (χ3v) is 2.24. The number of hydrogen-bond donors (Lipinski definition) is 1. The van der Waals surface area contributed by atoms with Crippen LogP contribution in [0.25, 0.3) is 0 Å². The average molecular weight is 181 g/mol. The van der Waals surface area contributed by atoms with Crippen LogP contribution in [-0.4, -0.2) is 34.2 Å². The summed E-state index contributed by atoms with van der Waals surface area (Å²) < 4.78 is 5.17. The van der Waals surface area contributed by atoms with Crippen LogP contribution in [0.5, 0.6) is 0 Å². The Kier molecular flexibility index (Phi) is 2.35. The second kappa shape index (κ2) is 3.66. The summed E-state index contributed by atoms with van der Waals surface area (Å²) in [6.07, 6.45) is 2.94. The molecule has 70 valence electrons. The van der Waals surface area contributed by atoms with Crippen LogP contribution in [0.1, 0.15) is 23.5 Å². The lowest BCUT2D eigenvalue weighted by Gasteiger charge is -2.19. The molecule has 0 radical (unpaired) electrons. The Balaban J connectivity index is 2.04. The monoisotopic (exact) mass is 181 g/mol. The standard InChI is InChI=1S/C8H11N3O2/c12-7(8-9-5-10-11-8)6-1-3-13-4-2-6/h5-6H,1-4H2,(H,9,10,11). The van der Waals surface area contributed by atoms with Crippen molar-refractivity contribution in [3.63, 3.8) is 0 Å². The van der Waals surface area contributed by atoms with E-state index in [1.165, 1.54) is 6.33 Å². The van der Waals surface area contributed by atoms with Crippen LogP contribution in [0.2, 0.25) is 0 Å². The zero-order valence-corrected chi connectivity index (χ0v) is 7.19. The molecule has 1 aliphatic heterocycles. The highest BCUT2D eigenvalue weighted by atomic mass is 16.5. The van der Waals surface area contributed by atoms with Gasteiger partial charge in [-0.2, -0.15) is 5.10 Å². The third-order valence-electron chi connectivity index (χ3n) is 2.24. The van der Waals surface area contributed by atoms with Crippen LogP contribution in [0.15, 0.2) is 6.33 Å². The number of Topliss-reactive ketones (excluding diaryl/α,β-unsaturated/α-hetero) is 1. The van der Waals surface area contributed by atoms with E-state index in [0.29, 0.717) is 19.0 Å². The molecular weight excluding hydrogens is 170 g/mol. The summed E-state index contributed by atoms with van der Waals surface area (Å²) in [6, 6.07) is 0. The lowest BCUT2D eigenvalue weighted by Crippen LogP contribution is -2.24. The maximum Gasteiger partial charge on any atom is 0.202 e. The third kappa shape index (κ3) is 1.75. The molecule has 0 atom stereocenters. The van der Waals surface area contributed by atoms with Crippen LogP contribution in [0.3, 0.4) is 0 Å². The number of carbonyl (C=O) groups excluding carboxylic acids is 1. The number of carbonyl (C=O) groups is 1. The highest BCUT2D eigenvalue weighted by molar-refractivity contribution is 5.94. The van der Waals surface area contributed by atoms with E-state index < -0.39 is 0 Å². The maximum absolute atomic E-state index is 11.7. The van der Waals surface area contributed by atoms with Gasteiger partial charge in [0.15, 0.2) is 5.82 Å². The number of ether oxygens (including phenoxy) is 1. The van der Waals surface area contributed by atoms with Gasteiger partial charge in [-0.25, -0.2) is 4.98 Å². The largest absolute Gasteiger partial charge is 0.381 e. The smallest absolute Gasteiger partial charge is 0.202 e. The van der Waals surface area contributed by atoms with Crippen molar-refractivity contribution in [1.82, 2.24) is 15.2 Å². The van der Waals surface area contributed by atoms with Crippen molar-refractivity contribution in [1.29, 1.82) is 0 Å². The van der Waals surface area contributed by atoms with Crippen molar-refractivity contribution in [2.75, 3.05) is 13.2 Å². The van der Waals surface area contributed by atoms with E-state index in [4.69, 9.17) is 4.74 Å². The number of nitrogens with zero attached hydrogens (tertiary/aromatic N) is 2.